The molecule has 0 bridgehead atoms. The van der Waals surface area contributed by atoms with E-state index in [9.17, 15) is 5.26 Å². The molecule has 0 saturated heterocycles. The van der Waals surface area contributed by atoms with Gasteiger partial charge in [0.05, 0.1) is 11.5 Å². The Bertz CT molecular complexity index is 346. The van der Waals surface area contributed by atoms with Gasteiger partial charge in [-0.3, -0.25) is 0 Å². The lowest BCUT2D eigenvalue weighted by atomic mass is 9.47. The van der Waals surface area contributed by atoms with Crippen molar-refractivity contribution in [3.63, 3.8) is 0 Å². The first-order chi connectivity index (χ1) is 9.83. The van der Waals surface area contributed by atoms with E-state index < -0.39 is 0 Å². The minimum atomic E-state index is 0.0493. The summed E-state index contributed by atoms with van der Waals surface area (Å²) in [6.45, 7) is 0. The zero-order valence-corrected chi connectivity index (χ0v) is 13.1. The van der Waals surface area contributed by atoms with E-state index in [1.54, 1.807) is 0 Å². The van der Waals surface area contributed by atoms with Gasteiger partial charge in [0.2, 0.25) is 0 Å². The fourth-order valence-electron chi connectivity index (χ4n) is 5.99. The zero-order chi connectivity index (χ0) is 13.9. The van der Waals surface area contributed by atoms with Crippen molar-refractivity contribution in [1.29, 1.82) is 5.26 Å². The van der Waals surface area contributed by atoms with Gasteiger partial charge in [-0.15, -0.1) is 0 Å². The molecule has 0 N–H and O–H groups in total. The Hall–Kier alpha value is -0.510. The van der Waals surface area contributed by atoms with Crippen molar-refractivity contribution in [2.24, 2.45) is 16.7 Å². The highest BCUT2D eigenvalue weighted by Crippen LogP contribution is 2.62. The minimum absolute atomic E-state index is 0.0493. The maximum Gasteiger partial charge on any atom is 0.0695 e. The van der Waals surface area contributed by atoms with Gasteiger partial charge in [0.1, 0.15) is 0 Å². The Kier molecular flexibility index (Phi) is 4.39. The third kappa shape index (κ3) is 2.30. The van der Waals surface area contributed by atoms with Gasteiger partial charge < -0.3 is 0 Å². The predicted octanol–water partition coefficient (Wildman–Crippen LogP) is 5.99. The second-order valence-electron chi connectivity index (χ2n) is 7.81. The van der Waals surface area contributed by atoms with E-state index in [0.717, 1.165) is 5.92 Å². The van der Waals surface area contributed by atoms with Crippen LogP contribution < -0.4 is 0 Å². The van der Waals surface area contributed by atoms with Crippen LogP contribution >= 0.6 is 0 Å². The molecule has 0 radical (unpaired) electrons. The highest BCUT2D eigenvalue weighted by Gasteiger charge is 2.55. The van der Waals surface area contributed by atoms with Crippen molar-refractivity contribution in [3.8, 4) is 6.07 Å². The maximum atomic E-state index is 10.1. The molecule has 3 saturated carbocycles. The lowest BCUT2D eigenvalue weighted by molar-refractivity contribution is -0.0556. The molecule has 0 amide bonds. The second kappa shape index (κ2) is 6.08. The molecule has 3 aliphatic rings. The van der Waals surface area contributed by atoms with Crippen LogP contribution in [-0.4, -0.2) is 0 Å². The smallest absolute Gasteiger partial charge is 0.0695 e. The quantitative estimate of drug-likeness (QED) is 0.606. The number of hydrogen-bond acceptors (Lipinski definition) is 1. The molecule has 1 heteroatoms. The maximum absolute atomic E-state index is 10.1. The molecule has 0 unspecified atom stereocenters. The molecule has 112 valence electrons. The van der Waals surface area contributed by atoms with Gasteiger partial charge in [0, 0.05) is 0 Å². The zero-order valence-electron chi connectivity index (χ0n) is 13.1. The van der Waals surface area contributed by atoms with Crippen LogP contribution in [-0.2, 0) is 0 Å². The summed E-state index contributed by atoms with van der Waals surface area (Å²) in [5.74, 6) is 0.870. The highest BCUT2D eigenvalue weighted by atomic mass is 14.6. The monoisotopic (exact) mass is 273 g/mol. The van der Waals surface area contributed by atoms with E-state index >= 15 is 0 Å². The van der Waals surface area contributed by atoms with E-state index in [2.05, 4.69) is 6.07 Å². The summed E-state index contributed by atoms with van der Waals surface area (Å²) in [4.78, 5) is 0. The van der Waals surface area contributed by atoms with Crippen LogP contribution in [0.25, 0.3) is 0 Å². The van der Waals surface area contributed by atoms with Gasteiger partial charge in [0.25, 0.3) is 0 Å². The molecule has 20 heavy (non-hydrogen) atoms. The van der Waals surface area contributed by atoms with Crippen molar-refractivity contribution >= 4 is 0 Å². The first-order valence-electron chi connectivity index (χ1n) is 9.24. The summed E-state index contributed by atoms with van der Waals surface area (Å²) in [5.41, 5.74) is 0.453. The lowest BCUT2D eigenvalue weighted by Crippen LogP contribution is -2.49. The molecule has 0 heterocycles. The van der Waals surface area contributed by atoms with Crippen molar-refractivity contribution < 1.29 is 0 Å². The molecule has 3 fully saturated rings. The van der Waals surface area contributed by atoms with Crippen LogP contribution in [0.2, 0.25) is 0 Å². The van der Waals surface area contributed by atoms with E-state index in [4.69, 9.17) is 0 Å². The third-order valence-corrected chi connectivity index (χ3v) is 7.01. The summed E-state index contributed by atoms with van der Waals surface area (Å²) < 4.78 is 0. The number of nitrogens with zero attached hydrogens (tertiary/aromatic N) is 1. The van der Waals surface area contributed by atoms with Gasteiger partial charge >= 0.3 is 0 Å². The summed E-state index contributed by atoms with van der Waals surface area (Å²) >= 11 is 0. The van der Waals surface area contributed by atoms with Crippen LogP contribution in [0.3, 0.4) is 0 Å². The summed E-state index contributed by atoms with van der Waals surface area (Å²) in [7, 11) is 0. The van der Waals surface area contributed by atoms with E-state index in [1.165, 1.54) is 96.3 Å². The molecule has 3 aliphatic carbocycles. The molecule has 0 aromatic heterocycles. The standard InChI is InChI=1S/C19H31N/c20-16-18(12-6-2-7-13-18)19(14-8-3-9-15-19)17-10-4-1-5-11-17/h17H,1-15H2. The van der Waals surface area contributed by atoms with Gasteiger partial charge in [-0.2, -0.15) is 5.26 Å². The van der Waals surface area contributed by atoms with Crippen LogP contribution in [0.15, 0.2) is 0 Å². The molecule has 1 nitrogen and oxygen atoms in total. The molecule has 0 aromatic carbocycles. The van der Waals surface area contributed by atoms with Crippen LogP contribution in [0.1, 0.15) is 96.3 Å². The minimum Gasteiger partial charge on any atom is -0.198 e. The topological polar surface area (TPSA) is 23.8 Å². The van der Waals surface area contributed by atoms with E-state index in [1.807, 2.05) is 0 Å². The molecule has 0 aliphatic heterocycles. The normalized spacial score (nSPS) is 30.6. The van der Waals surface area contributed by atoms with Gasteiger partial charge in [0.15, 0.2) is 0 Å². The highest BCUT2D eigenvalue weighted by molar-refractivity contribution is 5.14. The second-order valence-corrected chi connectivity index (χ2v) is 7.81. The summed E-state index contributed by atoms with van der Waals surface area (Å²) in [6, 6.07) is 2.93. The predicted molar refractivity (Wildman–Crippen MR) is 83.2 cm³/mol. The fourth-order valence-corrected chi connectivity index (χ4v) is 5.99. The molecule has 3 rings (SSSR count). The average molecular weight is 273 g/mol. The van der Waals surface area contributed by atoms with Crippen molar-refractivity contribution in [1.82, 2.24) is 0 Å². The van der Waals surface area contributed by atoms with E-state index in [-0.39, 0.29) is 5.41 Å². The summed E-state index contributed by atoms with van der Waals surface area (Å²) in [5, 5.41) is 10.1. The Morgan fingerprint density at radius 3 is 1.70 bits per heavy atom. The first-order valence-corrected chi connectivity index (χ1v) is 9.24. The number of hydrogen-bond donors (Lipinski definition) is 0. The SMILES string of the molecule is N#CC1(C2(C3CCCCC3)CCCCC2)CCCCC1. The Balaban J connectivity index is 1.93. The van der Waals surface area contributed by atoms with Crippen molar-refractivity contribution in [2.75, 3.05) is 0 Å². The lowest BCUT2D eigenvalue weighted by Gasteiger charge is -2.56. The number of nitriles is 1. The van der Waals surface area contributed by atoms with Gasteiger partial charge in [-0.05, 0) is 49.9 Å². The fraction of sp³-hybridized carbons (Fsp3) is 0.947. The van der Waals surface area contributed by atoms with Gasteiger partial charge in [-0.25, -0.2) is 0 Å². The molecule has 0 spiro atoms. The van der Waals surface area contributed by atoms with Crippen molar-refractivity contribution in [3.05, 3.63) is 0 Å². The van der Waals surface area contributed by atoms with Crippen LogP contribution in [0.5, 0.6) is 0 Å². The van der Waals surface area contributed by atoms with Gasteiger partial charge in [-0.1, -0.05) is 57.8 Å². The first kappa shape index (κ1) is 14.4. The van der Waals surface area contributed by atoms with E-state index in [0.29, 0.717) is 5.41 Å². The third-order valence-electron chi connectivity index (χ3n) is 7.01. The summed E-state index contributed by atoms with van der Waals surface area (Å²) in [6.07, 6.45) is 20.4. The van der Waals surface area contributed by atoms with Crippen LogP contribution in [0, 0.1) is 28.1 Å². The largest absolute Gasteiger partial charge is 0.198 e. The Labute approximate surface area is 125 Å². The van der Waals surface area contributed by atoms with Crippen LogP contribution in [0.4, 0.5) is 0 Å². The average Bonchev–Trinajstić information content (AvgIpc) is 2.57. The number of rotatable bonds is 2. The Morgan fingerprint density at radius 1 is 0.650 bits per heavy atom. The molecule has 0 atom stereocenters. The Morgan fingerprint density at radius 2 is 1.15 bits per heavy atom. The molecular formula is C19H31N. The van der Waals surface area contributed by atoms with Crippen molar-refractivity contribution in [2.45, 2.75) is 96.3 Å². The molecule has 0 aromatic rings. The molecular weight excluding hydrogens is 242 g/mol.